The lowest BCUT2D eigenvalue weighted by Crippen LogP contribution is -2.07. The Balaban J connectivity index is 3.72. The number of carboxylic acid groups (broad SMARTS) is 1. The first-order valence-corrected chi connectivity index (χ1v) is 5.39. The van der Waals surface area contributed by atoms with Gasteiger partial charge in [0.15, 0.2) is 11.5 Å². The molecule has 0 heterocycles. The summed E-state index contributed by atoms with van der Waals surface area (Å²) >= 11 is 1.86. The number of rotatable bonds is 3. The Bertz CT molecular complexity index is 442. The topological polar surface area (TPSA) is 76.0 Å². The second-order valence-corrected chi connectivity index (χ2v) is 4.11. The third-order valence-electron chi connectivity index (χ3n) is 2.18. The Hall–Kier alpha value is -1.18. The van der Waals surface area contributed by atoms with Gasteiger partial charge in [0.25, 0.3) is 0 Å². The summed E-state index contributed by atoms with van der Waals surface area (Å²) in [6.07, 6.45) is 0. The van der Waals surface area contributed by atoms with Crippen molar-refractivity contribution in [3.63, 3.8) is 0 Å². The highest BCUT2D eigenvalue weighted by Crippen LogP contribution is 2.44. The maximum Gasteiger partial charge on any atom is 0.339 e. The summed E-state index contributed by atoms with van der Waals surface area (Å²) in [7, 11) is 2.67. The smallest absolute Gasteiger partial charge is 0.339 e. The Morgan fingerprint density at radius 2 is 1.75 bits per heavy atom. The molecule has 0 amide bonds. The fraction of sp³-hybridized carbons (Fsp3) is 0.300. The van der Waals surface area contributed by atoms with E-state index >= 15 is 0 Å². The molecule has 0 aliphatic heterocycles. The van der Waals surface area contributed by atoms with E-state index < -0.39 is 5.97 Å². The van der Waals surface area contributed by atoms with E-state index in [-0.39, 0.29) is 22.8 Å². The zero-order chi connectivity index (χ0) is 12.5. The van der Waals surface area contributed by atoms with Crippen LogP contribution >= 0.6 is 22.6 Å². The van der Waals surface area contributed by atoms with Gasteiger partial charge < -0.3 is 19.7 Å². The molecule has 0 saturated heterocycles. The molecule has 1 aromatic rings. The number of phenolic OH excluding ortho intramolecular Hbond substituents is 1. The molecule has 0 spiro atoms. The molecule has 0 bridgehead atoms. The van der Waals surface area contributed by atoms with Crippen LogP contribution in [0, 0.1) is 10.5 Å². The van der Waals surface area contributed by atoms with Crippen molar-refractivity contribution in [3.8, 4) is 17.2 Å². The molecule has 0 aliphatic rings. The number of ether oxygens (including phenoxy) is 2. The molecule has 0 saturated carbocycles. The van der Waals surface area contributed by atoms with Gasteiger partial charge in [-0.2, -0.15) is 0 Å². The van der Waals surface area contributed by atoms with Gasteiger partial charge in [-0.15, -0.1) is 0 Å². The summed E-state index contributed by atoms with van der Waals surface area (Å²) in [6.45, 7) is 1.60. The Morgan fingerprint density at radius 3 is 2.12 bits per heavy atom. The number of aromatic carboxylic acids is 1. The number of phenols is 1. The van der Waals surface area contributed by atoms with Crippen molar-refractivity contribution < 1.29 is 24.5 Å². The van der Waals surface area contributed by atoms with E-state index in [1.165, 1.54) is 14.2 Å². The second kappa shape index (κ2) is 4.77. The van der Waals surface area contributed by atoms with Gasteiger partial charge in [0.1, 0.15) is 5.56 Å². The van der Waals surface area contributed by atoms with Crippen LogP contribution in [-0.2, 0) is 0 Å². The third kappa shape index (κ3) is 1.89. The van der Waals surface area contributed by atoms with Crippen molar-refractivity contribution in [2.75, 3.05) is 14.2 Å². The van der Waals surface area contributed by atoms with Gasteiger partial charge in [-0.3, -0.25) is 0 Å². The first-order chi connectivity index (χ1) is 7.45. The Kier molecular flexibility index (Phi) is 3.84. The lowest BCUT2D eigenvalue weighted by Gasteiger charge is -2.15. The predicted octanol–water partition coefficient (Wildman–Crippen LogP) is 2.02. The lowest BCUT2D eigenvalue weighted by atomic mass is 10.1. The van der Waals surface area contributed by atoms with Gasteiger partial charge in [-0.05, 0) is 35.1 Å². The number of carbonyl (C=O) groups is 1. The fourth-order valence-corrected chi connectivity index (χ4v) is 1.93. The third-order valence-corrected chi connectivity index (χ3v) is 3.50. The maximum atomic E-state index is 11.1. The van der Waals surface area contributed by atoms with Crippen molar-refractivity contribution in [2.24, 2.45) is 0 Å². The van der Waals surface area contributed by atoms with Crippen LogP contribution in [0.15, 0.2) is 0 Å². The van der Waals surface area contributed by atoms with E-state index in [1.54, 1.807) is 6.92 Å². The molecule has 88 valence electrons. The number of benzene rings is 1. The van der Waals surface area contributed by atoms with Crippen molar-refractivity contribution in [1.29, 1.82) is 0 Å². The van der Waals surface area contributed by atoms with Crippen molar-refractivity contribution in [3.05, 3.63) is 14.7 Å². The van der Waals surface area contributed by atoms with Crippen LogP contribution in [0.2, 0.25) is 0 Å². The average Bonchev–Trinajstić information content (AvgIpc) is 2.24. The molecule has 0 unspecified atom stereocenters. The number of halogens is 1. The molecule has 0 aromatic heterocycles. The Labute approximate surface area is 106 Å². The number of hydrogen-bond acceptors (Lipinski definition) is 4. The second-order valence-electron chi connectivity index (χ2n) is 3.03. The van der Waals surface area contributed by atoms with Gasteiger partial charge in [0, 0.05) is 0 Å². The standard InChI is InChI=1S/C10H11IO5/c1-4-5(10(13)14)8(15-2)9(16-3)7(12)6(4)11/h12H,1-3H3,(H,13,14). The largest absolute Gasteiger partial charge is 0.503 e. The van der Waals surface area contributed by atoms with E-state index in [0.717, 1.165) is 0 Å². The minimum atomic E-state index is -1.12. The first-order valence-electron chi connectivity index (χ1n) is 4.32. The van der Waals surface area contributed by atoms with Crippen molar-refractivity contribution in [2.45, 2.75) is 6.92 Å². The van der Waals surface area contributed by atoms with E-state index in [0.29, 0.717) is 9.13 Å². The van der Waals surface area contributed by atoms with Gasteiger partial charge in [-0.25, -0.2) is 4.79 Å². The number of methoxy groups -OCH3 is 2. The summed E-state index contributed by atoms with van der Waals surface area (Å²) in [4.78, 5) is 11.1. The lowest BCUT2D eigenvalue weighted by molar-refractivity contribution is 0.0691. The van der Waals surface area contributed by atoms with E-state index in [2.05, 4.69) is 0 Å². The highest BCUT2D eigenvalue weighted by atomic mass is 127. The van der Waals surface area contributed by atoms with Crippen LogP contribution in [-0.4, -0.2) is 30.4 Å². The molecule has 1 aromatic carbocycles. The highest BCUT2D eigenvalue weighted by molar-refractivity contribution is 14.1. The van der Waals surface area contributed by atoms with Gasteiger partial charge >= 0.3 is 5.97 Å². The minimum absolute atomic E-state index is 0.00144. The van der Waals surface area contributed by atoms with Crippen LogP contribution in [0.4, 0.5) is 0 Å². The number of hydrogen-bond donors (Lipinski definition) is 2. The summed E-state index contributed by atoms with van der Waals surface area (Å²) in [5, 5.41) is 18.9. The van der Waals surface area contributed by atoms with Gasteiger partial charge in [0.2, 0.25) is 5.75 Å². The van der Waals surface area contributed by atoms with Gasteiger partial charge in [-0.1, -0.05) is 0 Å². The fourth-order valence-electron chi connectivity index (χ4n) is 1.42. The van der Waals surface area contributed by atoms with E-state index in [4.69, 9.17) is 14.6 Å². The SMILES string of the molecule is COc1c(O)c(I)c(C)c(C(=O)O)c1OC. The molecule has 0 radical (unpaired) electrons. The molecule has 6 heteroatoms. The van der Waals surface area contributed by atoms with Crippen molar-refractivity contribution >= 4 is 28.6 Å². The quantitative estimate of drug-likeness (QED) is 0.825. The minimum Gasteiger partial charge on any atom is -0.503 e. The van der Waals surface area contributed by atoms with Crippen molar-refractivity contribution in [1.82, 2.24) is 0 Å². The zero-order valence-electron chi connectivity index (χ0n) is 9.00. The molecule has 16 heavy (non-hydrogen) atoms. The van der Waals surface area contributed by atoms with E-state index in [9.17, 15) is 9.90 Å². The van der Waals surface area contributed by atoms with Crippen LogP contribution in [0.25, 0.3) is 0 Å². The molecule has 5 nitrogen and oxygen atoms in total. The van der Waals surface area contributed by atoms with Gasteiger partial charge in [0.05, 0.1) is 17.8 Å². The van der Waals surface area contributed by atoms with Crippen LogP contribution in [0.1, 0.15) is 15.9 Å². The molecule has 1 rings (SSSR count). The highest BCUT2D eigenvalue weighted by Gasteiger charge is 2.25. The predicted molar refractivity (Wildman–Crippen MR) is 65.6 cm³/mol. The molecule has 0 fully saturated rings. The Morgan fingerprint density at radius 1 is 1.25 bits per heavy atom. The normalized spacial score (nSPS) is 10.0. The average molecular weight is 338 g/mol. The first kappa shape index (κ1) is 12.9. The summed E-state index contributed by atoms with van der Waals surface area (Å²) in [5.41, 5.74) is 0.449. The van der Waals surface area contributed by atoms with Crippen LogP contribution in [0.5, 0.6) is 17.2 Å². The summed E-state index contributed by atoms with van der Waals surface area (Å²) < 4.78 is 10.4. The summed E-state index contributed by atoms with van der Waals surface area (Å²) in [5.74, 6) is -1.16. The van der Waals surface area contributed by atoms with Crippen LogP contribution in [0.3, 0.4) is 0 Å². The molecule has 2 N–H and O–H groups in total. The number of carboxylic acids is 1. The monoisotopic (exact) mass is 338 g/mol. The maximum absolute atomic E-state index is 11.1. The van der Waals surface area contributed by atoms with Crippen LogP contribution < -0.4 is 9.47 Å². The van der Waals surface area contributed by atoms with E-state index in [1.807, 2.05) is 22.6 Å². The molecular weight excluding hydrogens is 327 g/mol. The summed E-state index contributed by atoms with van der Waals surface area (Å²) in [6, 6.07) is 0. The zero-order valence-corrected chi connectivity index (χ0v) is 11.2. The molecular formula is C10H11IO5. The number of aromatic hydroxyl groups is 1. The molecule has 0 aliphatic carbocycles. The molecule has 0 atom stereocenters.